The van der Waals surface area contributed by atoms with Gasteiger partial charge in [0.1, 0.15) is 0 Å². The maximum atomic E-state index is 11.4. The molecule has 0 unspecified atom stereocenters. The summed E-state index contributed by atoms with van der Waals surface area (Å²) in [6.07, 6.45) is 4.19. The number of carbonyl (C=O) groups is 1. The summed E-state index contributed by atoms with van der Waals surface area (Å²) < 4.78 is 5.34. The maximum absolute atomic E-state index is 11.4. The van der Waals surface area contributed by atoms with E-state index in [-0.39, 0.29) is 18.1 Å². The first kappa shape index (κ1) is 11.5. The Hall–Kier alpha value is -0.610. The molecule has 14 heavy (non-hydrogen) atoms. The minimum atomic E-state index is -0.191. The van der Waals surface area contributed by atoms with Gasteiger partial charge in [0.2, 0.25) is 5.91 Å². The average Bonchev–Trinajstić information content (AvgIpc) is 2.12. The van der Waals surface area contributed by atoms with E-state index in [1.165, 1.54) is 0 Å². The molecule has 82 valence electrons. The Bertz CT molecular complexity index is 184. The molecular weight excluding hydrogens is 182 g/mol. The molecule has 2 N–H and O–H groups in total. The Morgan fingerprint density at radius 3 is 2.71 bits per heavy atom. The summed E-state index contributed by atoms with van der Waals surface area (Å²) in [5.41, 5.74) is -0.191. The Morgan fingerprint density at radius 1 is 1.57 bits per heavy atom. The van der Waals surface area contributed by atoms with Gasteiger partial charge in [0.05, 0.1) is 12.0 Å². The highest BCUT2D eigenvalue weighted by Crippen LogP contribution is 2.37. The monoisotopic (exact) mass is 201 g/mol. The summed E-state index contributed by atoms with van der Waals surface area (Å²) in [7, 11) is 1.67. The van der Waals surface area contributed by atoms with Crippen molar-refractivity contribution in [2.24, 2.45) is 0 Å². The van der Waals surface area contributed by atoms with Crippen molar-refractivity contribution in [1.29, 1.82) is 0 Å². The van der Waals surface area contributed by atoms with Crippen molar-refractivity contribution < 1.29 is 14.6 Å². The Balaban J connectivity index is 2.18. The molecule has 1 aliphatic rings. The number of carbonyl (C=O) groups excluding carboxylic acids is 1. The van der Waals surface area contributed by atoms with Crippen LogP contribution in [0.15, 0.2) is 0 Å². The first-order valence-electron chi connectivity index (χ1n) is 5.15. The van der Waals surface area contributed by atoms with Gasteiger partial charge in [-0.2, -0.15) is 0 Å². The molecule has 0 aromatic carbocycles. The van der Waals surface area contributed by atoms with E-state index >= 15 is 0 Å². The van der Waals surface area contributed by atoms with Crippen LogP contribution < -0.4 is 5.32 Å². The van der Waals surface area contributed by atoms with Crippen molar-refractivity contribution in [3.05, 3.63) is 0 Å². The molecule has 0 aromatic heterocycles. The van der Waals surface area contributed by atoms with Gasteiger partial charge in [-0.25, -0.2) is 0 Å². The summed E-state index contributed by atoms with van der Waals surface area (Å²) in [5, 5.41) is 11.3. The molecule has 0 aromatic rings. The molecule has 0 spiro atoms. The minimum absolute atomic E-state index is 0.0278. The van der Waals surface area contributed by atoms with Crippen molar-refractivity contribution >= 4 is 5.91 Å². The van der Waals surface area contributed by atoms with Gasteiger partial charge in [-0.1, -0.05) is 0 Å². The van der Waals surface area contributed by atoms with E-state index < -0.39 is 0 Å². The second-order valence-corrected chi connectivity index (χ2v) is 3.84. The highest BCUT2D eigenvalue weighted by atomic mass is 16.5. The number of aliphatic hydroxyl groups excluding tert-OH is 1. The second-order valence-electron chi connectivity index (χ2n) is 3.84. The molecule has 1 saturated carbocycles. The van der Waals surface area contributed by atoms with Crippen LogP contribution in [-0.4, -0.2) is 36.9 Å². The van der Waals surface area contributed by atoms with Crippen LogP contribution in [0.1, 0.15) is 32.1 Å². The highest BCUT2D eigenvalue weighted by Gasteiger charge is 2.38. The lowest BCUT2D eigenvalue weighted by Crippen LogP contribution is -2.44. The molecule has 0 radical (unpaired) electrons. The van der Waals surface area contributed by atoms with Gasteiger partial charge in [-0.3, -0.25) is 4.79 Å². The smallest absolute Gasteiger partial charge is 0.222 e. The van der Waals surface area contributed by atoms with E-state index in [2.05, 4.69) is 5.32 Å². The molecule has 0 aliphatic heterocycles. The van der Waals surface area contributed by atoms with Crippen LogP contribution in [0.5, 0.6) is 0 Å². The zero-order valence-corrected chi connectivity index (χ0v) is 8.71. The third kappa shape index (κ3) is 2.96. The van der Waals surface area contributed by atoms with Crippen molar-refractivity contribution in [1.82, 2.24) is 5.32 Å². The molecular formula is C10H19NO3. The number of rotatable bonds is 6. The summed E-state index contributed by atoms with van der Waals surface area (Å²) in [4.78, 5) is 11.4. The number of nitrogens with one attached hydrogen (secondary N) is 1. The zero-order chi connectivity index (χ0) is 10.4. The van der Waals surface area contributed by atoms with E-state index in [1.807, 2.05) is 0 Å². The van der Waals surface area contributed by atoms with Crippen LogP contribution in [-0.2, 0) is 9.53 Å². The number of hydrogen-bond donors (Lipinski definition) is 2. The van der Waals surface area contributed by atoms with E-state index in [0.717, 1.165) is 19.3 Å². The van der Waals surface area contributed by atoms with Crippen LogP contribution in [0, 0.1) is 0 Å². The second kappa shape index (κ2) is 5.32. The topological polar surface area (TPSA) is 58.6 Å². The molecule has 4 heteroatoms. The fourth-order valence-electron chi connectivity index (χ4n) is 1.69. The predicted molar refractivity (Wildman–Crippen MR) is 52.9 cm³/mol. The quantitative estimate of drug-likeness (QED) is 0.613. The Morgan fingerprint density at radius 2 is 2.29 bits per heavy atom. The average molecular weight is 201 g/mol. The molecule has 0 saturated heterocycles. The molecule has 1 fully saturated rings. The number of aliphatic hydroxyl groups is 1. The van der Waals surface area contributed by atoms with Crippen LogP contribution >= 0.6 is 0 Å². The SMILES string of the molecule is COC1(CC(=O)NCCCO)CCC1. The molecule has 1 aliphatic carbocycles. The minimum Gasteiger partial charge on any atom is -0.396 e. The molecule has 0 heterocycles. The normalized spacial score (nSPS) is 18.7. The van der Waals surface area contributed by atoms with Crippen LogP contribution in [0.3, 0.4) is 0 Å². The first-order valence-corrected chi connectivity index (χ1v) is 5.15. The van der Waals surface area contributed by atoms with Crippen LogP contribution in [0.2, 0.25) is 0 Å². The third-order valence-electron chi connectivity index (χ3n) is 2.84. The summed E-state index contributed by atoms with van der Waals surface area (Å²) in [6, 6.07) is 0. The predicted octanol–water partition coefficient (Wildman–Crippen LogP) is 0.444. The van der Waals surface area contributed by atoms with E-state index in [1.54, 1.807) is 7.11 Å². The number of amides is 1. The largest absolute Gasteiger partial charge is 0.396 e. The van der Waals surface area contributed by atoms with Gasteiger partial charge >= 0.3 is 0 Å². The van der Waals surface area contributed by atoms with Crippen molar-refractivity contribution in [2.75, 3.05) is 20.3 Å². The van der Waals surface area contributed by atoms with E-state index in [0.29, 0.717) is 19.4 Å². The first-order chi connectivity index (χ1) is 6.72. The molecule has 0 bridgehead atoms. The highest BCUT2D eigenvalue weighted by molar-refractivity contribution is 5.77. The van der Waals surface area contributed by atoms with Gasteiger partial charge in [0, 0.05) is 20.3 Å². The number of methoxy groups -OCH3 is 1. The molecule has 1 rings (SSSR count). The number of ether oxygens (including phenoxy) is 1. The summed E-state index contributed by atoms with van der Waals surface area (Å²) in [6.45, 7) is 0.671. The van der Waals surface area contributed by atoms with Crippen molar-refractivity contribution in [3.63, 3.8) is 0 Å². The molecule has 0 atom stereocenters. The molecule has 1 amide bonds. The van der Waals surface area contributed by atoms with Crippen molar-refractivity contribution in [3.8, 4) is 0 Å². The lowest BCUT2D eigenvalue weighted by Gasteiger charge is -2.39. The summed E-state index contributed by atoms with van der Waals surface area (Å²) in [5.74, 6) is 0.0278. The molecule has 4 nitrogen and oxygen atoms in total. The zero-order valence-electron chi connectivity index (χ0n) is 8.71. The van der Waals surface area contributed by atoms with Crippen LogP contribution in [0.25, 0.3) is 0 Å². The van der Waals surface area contributed by atoms with Crippen LogP contribution in [0.4, 0.5) is 0 Å². The third-order valence-corrected chi connectivity index (χ3v) is 2.84. The van der Waals surface area contributed by atoms with E-state index in [4.69, 9.17) is 9.84 Å². The lowest BCUT2D eigenvalue weighted by atomic mass is 9.77. The summed E-state index contributed by atoms with van der Waals surface area (Å²) >= 11 is 0. The number of hydrogen-bond acceptors (Lipinski definition) is 3. The maximum Gasteiger partial charge on any atom is 0.222 e. The van der Waals surface area contributed by atoms with Gasteiger partial charge in [-0.05, 0) is 25.7 Å². The van der Waals surface area contributed by atoms with E-state index in [9.17, 15) is 4.79 Å². The van der Waals surface area contributed by atoms with Gasteiger partial charge < -0.3 is 15.2 Å². The van der Waals surface area contributed by atoms with Gasteiger partial charge in [0.15, 0.2) is 0 Å². The Labute approximate surface area is 84.6 Å². The fourth-order valence-corrected chi connectivity index (χ4v) is 1.69. The van der Waals surface area contributed by atoms with Crippen molar-refractivity contribution in [2.45, 2.75) is 37.7 Å². The fraction of sp³-hybridized carbons (Fsp3) is 0.900. The van der Waals surface area contributed by atoms with Gasteiger partial charge in [0.25, 0.3) is 0 Å². The Kier molecular flexibility index (Phi) is 4.35. The lowest BCUT2D eigenvalue weighted by molar-refractivity contribution is -0.134. The standard InChI is InChI=1S/C10H19NO3/c1-14-10(4-2-5-10)8-9(13)11-6-3-7-12/h12H,2-8H2,1H3,(H,11,13). The van der Waals surface area contributed by atoms with Gasteiger partial charge in [-0.15, -0.1) is 0 Å².